The third kappa shape index (κ3) is 60.5. The summed E-state index contributed by atoms with van der Waals surface area (Å²) < 4.78 is 0. The van der Waals surface area contributed by atoms with Crippen molar-refractivity contribution in [3.05, 3.63) is 16.3 Å². The predicted octanol–water partition coefficient (Wildman–Crippen LogP) is 2.76. The van der Waals surface area contributed by atoms with E-state index >= 15 is 0 Å². The molecule has 0 unspecified atom stereocenters. The number of rotatable bonds is 3. The molecule has 0 fully saturated rings. The van der Waals surface area contributed by atoms with Crippen molar-refractivity contribution in [1.29, 1.82) is 0 Å². The smallest absolute Gasteiger partial charge is 0.376 e. The van der Waals surface area contributed by atoms with Crippen LogP contribution in [0.3, 0.4) is 0 Å². The van der Waals surface area contributed by atoms with Crippen LogP contribution < -0.4 is 29.1 Å². The quantitative estimate of drug-likeness (QED) is 0.325. The second-order valence-corrected chi connectivity index (χ2v) is 14.1. The molecule has 0 saturated heterocycles. The van der Waals surface area contributed by atoms with E-state index < -0.39 is 0 Å². The molecule has 0 aliphatic heterocycles. The Morgan fingerprint density at radius 2 is 0.714 bits per heavy atom. The van der Waals surface area contributed by atoms with E-state index in [1.165, 1.54) is 0 Å². The van der Waals surface area contributed by atoms with E-state index in [9.17, 15) is 0 Å². The Morgan fingerprint density at radius 3 is 0.886 bits per heavy atom. The summed E-state index contributed by atoms with van der Waals surface area (Å²) >= 11 is 0. The minimum absolute atomic E-state index is 0. The average molecular weight is 518 g/mol. The molecule has 2 N–H and O–H groups in total. The molecule has 0 aromatic rings. The Bertz CT molecular complexity index is 508. The maximum absolute atomic E-state index is 4.06. The van der Waals surface area contributed by atoms with Crippen LogP contribution in [0.25, 0.3) is 16.3 Å². The second-order valence-electron chi connectivity index (χ2n) is 14.1. The van der Waals surface area contributed by atoms with Gasteiger partial charge in [0.25, 0.3) is 0 Å². The van der Waals surface area contributed by atoms with E-state index in [4.69, 9.17) is 0 Å². The predicted molar refractivity (Wildman–Crippen MR) is 146 cm³/mol. The van der Waals surface area contributed by atoms with Gasteiger partial charge in [0.2, 0.25) is 0 Å². The number of hydrogen-bond donors (Lipinski definition) is 2. The molecule has 0 atom stereocenters. The fourth-order valence-corrected chi connectivity index (χ4v) is 0.941. The van der Waals surface area contributed by atoms with E-state index in [-0.39, 0.29) is 89.8 Å². The molecular weight excluding hydrogens is 461 g/mol. The molecule has 0 aromatic heterocycles. The van der Waals surface area contributed by atoms with Gasteiger partial charge in [0, 0.05) is 11.1 Å². The van der Waals surface area contributed by atoms with Gasteiger partial charge in [-0.3, -0.25) is 15.5 Å². The largest absolute Gasteiger partial charge is 2.00 e. The zero-order valence-electron chi connectivity index (χ0n) is 26.8. The third-order valence-corrected chi connectivity index (χ3v) is 2.16. The molecule has 0 amide bonds. The van der Waals surface area contributed by atoms with E-state index in [0.717, 1.165) is 0 Å². The first-order valence-corrected chi connectivity index (χ1v) is 11.6. The number of nitrogens with zero attached hydrogens (tertiary/aromatic N) is 7. The van der Waals surface area contributed by atoms with Gasteiger partial charge in [0.1, 0.15) is 0 Å². The second kappa shape index (κ2) is 18.3. The summed E-state index contributed by atoms with van der Waals surface area (Å²) in [6, 6.07) is 0. The van der Waals surface area contributed by atoms with Gasteiger partial charge >= 0.3 is 56.6 Å². The van der Waals surface area contributed by atoms with Gasteiger partial charge in [0.15, 0.2) is 0 Å². The molecule has 11 heteroatoms. The van der Waals surface area contributed by atoms with Crippen LogP contribution >= 0.6 is 0 Å². The van der Waals surface area contributed by atoms with Gasteiger partial charge < -0.3 is 10.5 Å². The molecule has 198 valence electrons. The fraction of sp³-hybridized carbons (Fsp3) is 1.00. The van der Waals surface area contributed by atoms with Crippen molar-refractivity contribution in [3.63, 3.8) is 0 Å². The summed E-state index contributed by atoms with van der Waals surface area (Å²) in [5.41, 5.74) is 11.7. The number of nitrogens with one attached hydrogen (secondary N) is 2. The van der Waals surface area contributed by atoms with E-state index in [2.05, 4.69) is 88.8 Å². The van der Waals surface area contributed by atoms with Crippen LogP contribution in [-0.4, -0.2) is 71.0 Å². The summed E-state index contributed by atoms with van der Waals surface area (Å²) in [5.74, 6) is 0. The Hall–Kier alpha value is 0.0571. The molecule has 0 bridgehead atoms. The molecule has 0 rings (SSSR count). The molecule has 0 spiro atoms. The van der Waals surface area contributed by atoms with E-state index in [1.54, 1.807) is 0 Å². The third-order valence-electron chi connectivity index (χ3n) is 2.16. The van der Waals surface area contributed by atoms with Crippen molar-refractivity contribution < 1.29 is 29.1 Å². The minimum atomic E-state index is -0.116. The maximum atomic E-state index is 4.06. The first-order valence-electron chi connectivity index (χ1n) is 11.6. The summed E-state index contributed by atoms with van der Waals surface area (Å²) in [4.78, 5) is 0. The Morgan fingerprint density at radius 1 is 0.457 bits per heavy atom. The molecule has 9 nitrogen and oxygen atoms in total. The van der Waals surface area contributed by atoms with E-state index in [1.807, 2.05) is 83.1 Å². The standard InChI is InChI=1S/3C8H18N3.Ca.Li/c3*1-7(2,3)9-11-10-8(4,5)6;;/h3*1-6H3;;/q3*-1;+2;+1/p+2. The zero-order chi connectivity index (χ0) is 27.4. The first kappa shape index (κ1) is 45.0. The first-order chi connectivity index (χ1) is 14.1. The van der Waals surface area contributed by atoms with Gasteiger partial charge in [-0.25, -0.2) is 0 Å². The molecule has 0 aromatic carbocycles. The zero-order valence-corrected chi connectivity index (χ0v) is 29.0. The van der Waals surface area contributed by atoms with E-state index in [0.29, 0.717) is 0 Å². The topological polar surface area (TPSA) is 120 Å². The molecule has 0 radical (unpaired) electrons. The normalized spacial score (nSPS) is 13.2. The Kier molecular flexibility index (Phi) is 23.6. The van der Waals surface area contributed by atoms with Gasteiger partial charge in [0.05, 0.1) is 11.1 Å². The van der Waals surface area contributed by atoms with Crippen LogP contribution in [0.2, 0.25) is 0 Å². The van der Waals surface area contributed by atoms with Crippen molar-refractivity contribution in [2.24, 2.45) is 20.8 Å². The molecule has 0 aliphatic rings. The summed E-state index contributed by atoms with van der Waals surface area (Å²) in [6.07, 6.45) is 0. The molecule has 35 heavy (non-hydrogen) atoms. The van der Waals surface area contributed by atoms with Crippen LogP contribution in [0.4, 0.5) is 0 Å². The van der Waals surface area contributed by atoms with Crippen molar-refractivity contribution in [1.82, 2.24) is 0 Å². The average Bonchev–Trinajstić information content (AvgIpc) is 2.39. The SMILES string of the molecule is CC(C)(C)N=N[N-]C(C)(C)C.CC(C)(C)[N-]N=[NH+]C(C)(C)C.CC(C)(C)[N-]N=[NH+]C(C)(C)C.[Ca+2].[Li+]. The van der Waals surface area contributed by atoms with Gasteiger partial charge in [-0.05, 0) is 94.2 Å². The van der Waals surface area contributed by atoms with Crippen molar-refractivity contribution in [2.45, 2.75) is 158 Å². The fourth-order valence-electron chi connectivity index (χ4n) is 0.941. The van der Waals surface area contributed by atoms with Gasteiger partial charge in [-0.1, -0.05) is 52.0 Å². The monoisotopic (exact) mass is 517 g/mol. The van der Waals surface area contributed by atoms with Gasteiger partial charge in [-0.2, -0.15) is 10.9 Å². The van der Waals surface area contributed by atoms with Crippen LogP contribution in [0, 0.1) is 0 Å². The molecular formula is C24H56CaLiN9+2. The summed E-state index contributed by atoms with van der Waals surface area (Å²) in [6.45, 7) is 36.4. The minimum Gasteiger partial charge on any atom is -0.376 e. The van der Waals surface area contributed by atoms with Crippen LogP contribution in [0.15, 0.2) is 20.8 Å². The molecule has 0 aliphatic carbocycles. The van der Waals surface area contributed by atoms with Crippen molar-refractivity contribution in [2.75, 3.05) is 0 Å². The van der Waals surface area contributed by atoms with Crippen LogP contribution in [-0.2, 0) is 0 Å². The van der Waals surface area contributed by atoms with Crippen LogP contribution in [0.1, 0.15) is 125 Å². The van der Waals surface area contributed by atoms with Crippen molar-refractivity contribution >= 4 is 37.7 Å². The van der Waals surface area contributed by atoms with Crippen LogP contribution in [0.5, 0.6) is 0 Å². The summed E-state index contributed by atoms with van der Waals surface area (Å²) in [5, 5.41) is 21.4. The van der Waals surface area contributed by atoms with Crippen molar-refractivity contribution in [3.8, 4) is 0 Å². The Balaban J connectivity index is -0.000000125. The molecule has 0 saturated carbocycles. The Labute approximate surface area is 259 Å². The van der Waals surface area contributed by atoms with Gasteiger partial charge in [-0.15, -0.1) is 0 Å². The summed E-state index contributed by atoms with van der Waals surface area (Å²) in [7, 11) is 0. The molecule has 0 heterocycles. The maximum Gasteiger partial charge on any atom is 2.00 e. The number of hydrogen-bond acceptors (Lipinski definition) is 4.